The minimum atomic E-state index is -0.149. The van der Waals surface area contributed by atoms with Crippen LogP contribution in [0.2, 0.25) is 0 Å². The van der Waals surface area contributed by atoms with Gasteiger partial charge in [0.05, 0.1) is 0 Å². The van der Waals surface area contributed by atoms with Crippen molar-refractivity contribution in [3.05, 3.63) is 131 Å². The van der Waals surface area contributed by atoms with Gasteiger partial charge in [-0.15, -0.1) is 0 Å². The highest BCUT2D eigenvalue weighted by Crippen LogP contribution is 2.45. The number of hydrogen-bond donors (Lipinski definition) is 0. The highest BCUT2D eigenvalue weighted by molar-refractivity contribution is 5.51. The Hall–Kier alpha value is -3.06. The fraction of sp³-hybridized carbons (Fsp3) is 0.476. The molecule has 1 fully saturated rings. The Morgan fingerprint density at radius 3 is 1.70 bits per heavy atom. The molecule has 4 rings (SSSR count). The summed E-state index contributed by atoms with van der Waals surface area (Å²) in [6.45, 7) is 17.7. The minimum absolute atomic E-state index is 0.149. The van der Waals surface area contributed by atoms with Crippen molar-refractivity contribution >= 4 is 0 Å². The van der Waals surface area contributed by atoms with Gasteiger partial charge in [0, 0.05) is 24.2 Å². The van der Waals surface area contributed by atoms with Crippen LogP contribution in [-0.2, 0) is 18.3 Å². The molecule has 1 aliphatic rings. The second-order valence-corrected chi connectivity index (χ2v) is 12.9. The van der Waals surface area contributed by atoms with E-state index in [1.165, 1.54) is 90.5 Å². The molecule has 1 heteroatoms. The molecule has 3 aromatic rings. The quantitative estimate of drug-likeness (QED) is 0.0879. The molecule has 0 aliphatic carbocycles. The van der Waals surface area contributed by atoms with Crippen LogP contribution in [0.1, 0.15) is 119 Å². The number of rotatable bonds is 17. The smallest absolute Gasteiger partial charge is 0.0451 e. The van der Waals surface area contributed by atoms with E-state index in [0.29, 0.717) is 0 Å². The zero-order valence-electron chi connectivity index (χ0n) is 27.6. The maximum atomic E-state index is 4.51. The van der Waals surface area contributed by atoms with Crippen LogP contribution in [0.25, 0.3) is 0 Å². The van der Waals surface area contributed by atoms with E-state index in [1.54, 1.807) is 0 Å². The van der Waals surface area contributed by atoms with Gasteiger partial charge in [0.25, 0.3) is 0 Å². The second-order valence-electron chi connectivity index (χ2n) is 12.9. The van der Waals surface area contributed by atoms with Gasteiger partial charge in [-0.2, -0.15) is 0 Å². The molecule has 0 N–H and O–H groups in total. The molecule has 0 amide bonds. The average molecular weight is 576 g/mol. The molecule has 230 valence electrons. The summed E-state index contributed by atoms with van der Waals surface area (Å²) < 4.78 is 0. The van der Waals surface area contributed by atoms with Crippen LogP contribution in [0.15, 0.2) is 103 Å². The molecule has 0 saturated carbocycles. The van der Waals surface area contributed by atoms with Gasteiger partial charge in [0.15, 0.2) is 0 Å². The average Bonchev–Trinajstić information content (AvgIpc) is 3.07. The largest absolute Gasteiger partial charge is 0.375 e. The molecule has 1 nitrogen and oxygen atoms in total. The van der Waals surface area contributed by atoms with E-state index in [1.807, 2.05) is 0 Å². The van der Waals surface area contributed by atoms with Crippen LogP contribution in [0.5, 0.6) is 0 Å². The molecule has 43 heavy (non-hydrogen) atoms. The second kappa shape index (κ2) is 16.7. The van der Waals surface area contributed by atoms with Gasteiger partial charge in [-0.25, -0.2) is 0 Å². The Morgan fingerprint density at radius 1 is 0.674 bits per heavy atom. The topological polar surface area (TPSA) is 3.24 Å². The monoisotopic (exact) mass is 575 g/mol. The third-order valence-corrected chi connectivity index (χ3v) is 10.2. The molecule has 0 atom stereocenters. The number of aryl methyl sites for hydroxylation is 2. The zero-order valence-corrected chi connectivity index (χ0v) is 27.6. The minimum Gasteiger partial charge on any atom is -0.375 e. The lowest BCUT2D eigenvalue weighted by Gasteiger charge is -2.39. The molecule has 0 radical (unpaired) electrons. The standard InChI is InChI=1S/C42H57N/c1-6-34(4)16-12-9-10-13-17-35(5)43-32-29-38(30-33-43)28-31-42(39-18-14-11-15-19-39,40-24-20-36(7-2)21-25-40)41-26-22-37(8-3)23-27-41/h11,14-15,18-27,38H,4-10,12-13,16-17,28-33H2,1-3H3. The van der Waals surface area contributed by atoms with Crippen LogP contribution in [0.3, 0.4) is 0 Å². The van der Waals surface area contributed by atoms with Crippen molar-refractivity contribution in [2.45, 2.75) is 110 Å². The van der Waals surface area contributed by atoms with E-state index in [2.05, 4.69) is 118 Å². The van der Waals surface area contributed by atoms with E-state index in [4.69, 9.17) is 0 Å². The Bertz CT molecular complexity index is 1200. The Balaban J connectivity index is 1.43. The number of piperidine rings is 1. The predicted octanol–water partition coefficient (Wildman–Crippen LogP) is 11.5. The summed E-state index contributed by atoms with van der Waals surface area (Å²) in [7, 11) is 0. The van der Waals surface area contributed by atoms with E-state index in [-0.39, 0.29) is 5.41 Å². The van der Waals surface area contributed by atoms with Crippen molar-refractivity contribution in [3.8, 4) is 0 Å². The molecule has 1 saturated heterocycles. The molecular formula is C42H57N. The summed E-state index contributed by atoms with van der Waals surface area (Å²) in [5, 5.41) is 0. The molecule has 0 unspecified atom stereocenters. The maximum absolute atomic E-state index is 4.51. The van der Waals surface area contributed by atoms with Crippen molar-refractivity contribution in [1.29, 1.82) is 0 Å². The van der Waals surface area contributed by atoms with Gasteiger partial charge in [0.1, 0.15) is 0 Å². The third-order valence-electron chi connectivity index (χ3n) is 10.2. The fourth-order valence-corrected chi connectivity index (χ4v) is 7.06. The van der Waals surface area contributed by atoms with E-state index in [9.17, 15) is 0 Å². The van der Waals surface area contributed by atoms with Crippen molar-refractivity contribution in [3.63, 3.8) is 0 Å². The third kappa shape index (κ3) is 8.75. The van der Waals surface area contributed by atoms with Gasteiger partial charge in [-0.3, -0.25) is 0 Å². The van der Waals surface area contributed by atoms with E-state index >= 15 is 0 Å². The summed E-state index contributed by atoms with van der Waals surface area (Å²) in [6, 6.07) is 30.3. The van der Waals surface area contributed by atoms with Crippen molar-refractivity contribution in [2.24, 2.45) is 5.92 Å². The van der Waals surface area contributed by atoms with Crippen molar-refractivity contribution in [1.82, 2.24) is 4.90 Å². The van der Waals surface area contributed by atoms with Crippen LogP contribution in [0, 0.1) is 5.92 Å². The SMILES string of the molecule is C=C(CC)CCCCCCC(=C)N1CCC(CCC(c2ccccc2)(c2ccc(CC)cc2)c2ccc(CC)cc2)CC1. The van der Waals surface area contributed by atoms with E-state index < -0.39 is 0 Å². The van der Waals surface area contributed by atoms with Crippen LogP contribution < -0.4 is 0 Å². The number of likely N-dealkylation sites (tertiary alicyclic amines) is 1. The number of hydrogen-bond acceptors (Lipinski definition) is 1. The summed E-state index contributed by atoms with van der Waals surface area (Å²) >= 11 is 0. The number of unbranched alkanes of at least 4 members (excludes halogenated alkanes) is 3. The summed E-state index contributed by atoms with van der Waals surface area (Å²) in [5.74, 6) is 0.753. The first-order valence-electron chi connectivity index (χ1n) is 17.3. The highest BCUT2D eigenvalue weighted by Gasteiger charge is 2.37. The molecule has 0 aromatic heterocycles. The fourth-order valence-electron chi connectivity index (χ4n) is 7.06. The lowest BCUT2D eigenvalue weighted by molar-refractivity contribution is 0.207. The van der Waals surface area contributed by atoms with Crippen LogP contribution >= 0.6 is 0 Å². The zero-order chi connectivity index (χ0) is 30.5. The normalized spacial score (nSPS) is 14.2. The lowest BCUT2D eigenvalue weighted by atomic mass is 9.65. The summed E-state index contributed by atoms with van der Waals surface area (Å²) in [4.78, 5) is 2.59. The molecular weight excluding hydrogens is 518 g/mol. The van der Waals surface area contributed by atoms with Gasteiger partial charge in [0.2, 0.25) is 0 Å². The Labute approximate surface area is 264 Å². The Morgan fingerprint density at radius 2 is 1.19 bits per heavy atom. The van der Waals surface area contributed by atoms with Crippen molar-refractivity contribution < 1.29 is 0 Å². The molecule has 0 spiro atoms. The summed E-state index contributed by atoms with van der Waals surface area (Å²) in [5.41, 5.74) is 9.68. The number of benzene rings is 3. The highest BCUT2D eigenvalue weighted by atomic mass is 15.1. The van der Waals surface area contributed by atoms with Gasteiger partial charge in [-0.05, 0) is 104 Å². The first-order valence-corrected chi connectivity index (χ1v) is 17.3. The Kier molecular flexibility index (Phi) is 12.8. The van der Waals surface area contributed by atoms with Crippen molar-refractivity contribution in [2.75, 3.05) is 13.1 Å². The first kappa shape index (κ1) is 32.8. The molecule has 3 aromatic carbocycles. The van der Waals surface area contributed by atoms with E-state index in [0.717, 1.165) is 51.1 Å². The van der Waals surface area contributed by atoms with Crippen LogP contribution in [0.4, 0.5) is 0 Å². The summed E-state index contributed by atoms with van der Waals surface area (Å²) in [6.07, 6.45) is 15.7. The van der Waals surface area contributed by atoms with Gasteiger partial charge in [-0.1, -0.05) is 131 Å². The molecule has 1 aliphatic heterocycles. The molecule has 0 bridgehead atoms. The maximum Gasteiger partial charge on any atom is 0.0451 e. The molecule has 1 heterocycles. The van der Waals surface area contributed by atoms with Gasteiger partial charge >= 0.3 is 0 Å². The van der Waals surface area contributed by atoms with Gasteiger partial charge < -0.3 is 4.90 Å². The lowest BCUT2D eigenvalue weighted by Crippen LogP contribution is -2.35. The van der Waals surface area contributed by atoms with Crippen LogP contribution in [-0.4, -0.2) is 18.0 Å². The predicted molar refractivity (Wildman–Crippen MR) is 188 cm³/mol. The number of nitrogens with zero attached hydrogens (tertiary/aromatic N) is 1. The number of allylic oxidation sites excluding steroid dienone is 2. The first-order chi connectivity index (χ1) is 21.0.